The van der Waals surface area contributed by atoms with E-state index < -0.39 is 11.7 Å². The second-order valence-corrected chi connectivity index (χ2v) is 4.48. The van der Waals surface area contributed by atoms with Crippen molar-refractivity contribution in [2.45, 2.75) is 26.4 Å². The van der Waals surface area contributed by atoms with Gasteiger partial charge >= 0.3 is 6.18 Å². The Hall–Kier alpha value is -1.26. The van der Waals surface area contributed by atoms with Gasteiger partial charge in [0, 0.05) is 19.8 Å². The van der Waals surface area contributed by atoms with Crippen LogP contribution in [0.15, 0.2) is 18.3 Å². The highest BCUT2D eigenvalue weighted by Crippen LogP contribution is 2.34. The minimum Gasteiger partial charge on any atom is -0.359 e. The zero-order valence-electron chi connectivity index (χ0n) is 10.3. The van der Waals surface area contributed by atoms with Crippen molar-refractivity contribution in [3.8, 4) is 0 Å². The largest absolute Gasteiger partial charge is 0.419 e. The van der Waals surface area contributed by atoms with Crippen LogP contribution in [0.1, 0.15) is 25.8 Å². The molecule has 0 aliphatic carbocycles. The molecular formula is C12H17F3N2. The van der Waals surface area contributed by atoms with Gasteiger partial charge in [0.25, 0.3) is 0 Å². The summed E-state index contributed by atoms with van der Waals surface area (Å²) in [5.41, 5.74) is -0.675. The summed E-state index contributed by atoms with van der Waals surface area (Å²) >= 11 is 0. The second-order valence-electron chi connectivity index (χ2n) is 4.48. The van der Waals surface area contributed by atoms with Gasteiger partial charge in [0.05, 0.1) is 5.56 Å². The number of alkyl halides is 3. The van der Waals surface area contributed by atoms with Gasteiger partial charge in [-0.15, -0.1) is 0 Å². The number of hydrogen-bond acceptors (Lipinski definition) is 2. The molecule has 1 aromatic heterocycles. The summed E-state index contributed by atoms with van der Waals surface area (Å²) in [6.07, 6.45) is -2.13. The fraction of sp³-hybridized carbons (Fsp3) is 0.583. The average molecular weight is 246 g/mol. The Labute approximate surface area is 99.5 Å². The third-order valence-corrected chi connectivity index (χ3v) is 2.50. The molecule has 0 saturated carbocycles. The molecule has 0 unspecified atom stereocenters. The summed E-state index contributed by atoms with van der Waals surface area (Å²) in [6.45, 7) is 4.64. The first kappa shape index (κ1) is 13.8. The highest BCUT2D eigenvalue weighted by atomic mass is 19.4. The van der Waals surface area contributed by atoms with Gasteiger partial charge in [0.15, 0.2) is 0 Å². The van der Waals surface area contributed by atoms with Crippen molar-refractivity contribution < 1.29 is 13.2 Å². The highest BCUT2D eigenvalue weighted by Gasteiger charge is 2.34. The molecule has 0 N–H and O–H groups in total. The zero-order valence-corrected chi connectivity index (χ0v) is 10.3. The summed E-state index contributed by atoms with van der Waals surface area (Å²) in [5.74, 6) is 0.455. The van der Waals surface area contributed by atoms with E-state index in [1.165, 1.54) is 12.3 Å². The number of pyridine rings is 1. The molecule has 0 radical (unpaired) electrons. The van der Waals surface area contributed by atoms with E-state index >= 15 is 0 Å². The molecule has 0 saturated heterocycles. The van der Waals surface area contributed by atoms with E-state index in [4.69, 9.17) is 0 Å². The maximum atomic E-state index is 12.7. The lowest BCUT2D eigenvalue weighted by Crippen LogP contribution is -2.24. The quantitative estimate of drug-likeness (QED) is 0.807. The van der Waals surface area contributed by atoms with E-state index in [0.29, 0.717) is 12.5 Å². The van der Waals surface area contributed by atoms with Crippen LogP contribution in [0.5, 0.6) is 0 Å². The van der Waals surface area contributed by atoms with Crippen molar-refractivity contribution in [2.24, 2.45) is 5.92 Å². The zero-order chi connectivity index (χ0) is 13.1. The molecule has 1 rings (SSSR count). The summed E-state index contributed by atoms with van der Waals surface area (Å²) in [6, 6.07) is 2.37. The number of hydrogen-bond donors (Lipinski definition) is 0. The first-order chi connectivity index (χ1) is 7.82. The molecule has 0 aliphatic heterocycles. The molecule has 96 valence electrons. The fourth-order valence-corrected chi connectivity index (χ4v) is 1.48. The molecule has 5 heteroatoms. The Morgan fingerprint density at radius 2 is 2.00 bits per heavy atom. The molecule has 0 aliphatic rings. The minimum absolute atomic E-state index is 0.000602. The third kappa shape index (κ3) is 3.91. The standard InChI is InChI=1S/C12H17F3N2/c1-9(2)6-8-17(3)11-10(12(13,14)15)5-4-7-16-11/h4-5,7,9H,6,8H2,1-3H3. The van der Waals surface area contributed by atoms with Gasteiger partial charge < -0.3 is 4.90 Å². The van der Waals surface area contributed by atoms with Crippen LogP contribution in [0.25, 0.3) is 0 Å². The number of anilines is 1. The van der Waals surface area contributed by atoms with Crippen molar-refractivity contribution in [1.29, 1.82) is 0 Å². The van der Waals surface area contributed by atoms with Crippen LogP contribution in [0.3, 0.4) is 0 Å². The fourth-order valence-electron chi connectivity index (χ4n) is 1.48. The van der Waals surface area contributed by atoms with Crippen molar-refractivity contribution in [2.75, 3.05) is 18.5 Å². The van der Waals surface area contributed by atoms with Gasteiger partial charge in [0.2, 0.25) is 0 Å². The Morgan fingerprint density at radius 1 is 1.35 bits per heavy atom. The monoisotopic (exact) mass is 246 g/mol. The second kappa shape index (κ2) is 5.38. The normalized spacial score (nSPS) is 11.9. The SMILES string of the molecule is CC(C)CCN(C)c1ncccc1C(F)(F)F. The van der Waals surface area contributed by atoms with Crippen LogP contribution < -0.4 is 4.90 Å². The third-order valence-electron chi connectivity index (χ3n) is 2.50. The molecule has 1 heterocycles. The number of rotatable bonds is 4. The first-order valence-corrected chi connectivity index (χ1v) is 5.55. The van der Waals surface area contributed by atoms with Crippen LogP contribution in [0.4, 0.5) is 19.0 Å². The highest BCUT2D eigenvalue weighted by molar-refractivity contribution is 5.47. The predicted octanol–water partition coefficient (Wildman–Crippen LogP) is 3.58. The van der Waals surface area contributed by atoms with Gasteiger partial charge in [-0.25, -0.2) is 4.98 Å². The van der Waals surface area contributed by atoms with Crippen molar-refractivity contribution in [3.63, 3.8) is 0 Å². The molecule has 0 aromatic carbocycles. The number of nitrogens with zero attached hydrogens (tertiary/aromatic N) is 2. The van der Waals surface area contributed by atoms with Crippen LogP contribution in [0.2, 0.25) is 0 Å². The molecule has 0 amide bonds. The summed E-state index contributed by atoms with van der Waals surface area (Å²) in [4.78, 5) is 5.39. The Kier molecular flexibility index (Phi) is 4.37. The average Bonchev–Trinajstić information content (AvgIpc) is 2.24. The van der Waals surface area contributed by atoms with Gasteiger partial charge in [-0.05, 0) is 24.5 Å². The maximum absolute atomic E-state index is 12.7. The van der Waals surface area contributed by atoms with E-state index in [9.17, 15) is 13.2 Å². The molecule has 1 aromatic rings. The van der Waals surface area contributed by atoms with Crippen molar-refractivity contribution in [3.05, 3.63) is 23.9 Å². The van der Waals surface area contributed by atoms with Gasteiger partial charge in [-0.3, -0.25) is 0 Å². The van der Waals surface area contributed by atoms with Crippen molar-refractivity contribution in [1.82, 2.24) is 4.98 Å². The molecule has 0 atom stereocenters. The Morgan fingerprint density at radius 3 is 2.53 bits per heavy atom. The molecule has 2 nitrogen and oxygen atoms in total. The summed E-state index contributed by atoms with van der Waals surface area (Å²) < 4.78 is 38.2. The van der Waals surface area contributed by atoms with Crippen molar-refractivity contribution >= 4 is 5.82 Å². The maximum Gasteiger partial charge on any atom is 0.419 e. The number of halogens is 3. The van der Waals surface area contributed by atoms with Gasteiger partial charge in [0.1, 0.15) is 5.82 Å². The topological polar surface area (TPSA) is 16.1 Å². The van der Waals surface area contributed by atoms with Crippen LogP contribution >= 0.6 is 0 Å². The van der Waals surface area contributed by atoms with Gasteiger partial charge in [-0.1, -0.05) is 13.8 Å². The summed E-state index contributed by atoms with van der Waals surface area (Å²) in [5, 5.41) is 0. The minimum atomic E-state index is -4.35. The molecule has 0 fully saturated rings. The molecule has 0 bridgehead atoms. The van der Waals surface area contributed by atoms with Crippen LogP contribution in [-0.2, 0) is 6.18 Å². The Bertz CT molecular complexity index is 361. The first-order valence-electron chi connectivity index (χ1n) is 5.55. The smallest absolute Gasteiger partial charge is 0.359 e. The number of aromatic nitrogens is 1. The van der Waals surface area contributed by atoms with E-state index in [2.05, 4.69) is 4.98 Å². The lowest BCUT2D eigenvalue weighted by molar-refractivity contribution is -0.137. The molecule has 0 spiro atoms. The predicted molar refractivity (Wildman–Crippen MR) is 62.0 cm³/mol. The van der Waals surface area contributed by atoms with Gasteiger partial charge in [-0.2, -0.15) is 13.2 Å². The molecular weight excluding hydrogens is 229 g/mol. The van der Waals surface area contributed by atoms with E-state index in [1.54, 1.807) is 11.9 Å². The van der Waals surface area contributed by atoms with Crippen LogP contribution in [0, 0.1) is 5.92 Å². The van der Waals surface area contributed by atoms with E-state index in [0.717, 1.165) is 12.5 Å². The Balaban J connectivity index is 2.89. The van der Waals surface area contributed by atoms with E-state index in [1.807, 2.05) is 13.8 Å². The van der Waals surface area contributed by atoms with E-state index in [-0.39, 0.29) is 5.82 Å². The molecule has 17 heavy (non-hydrogen) atoms. The summed E-state index contributed by atoms with van der Waals surface area (Å²) in [7, 11) is 1.64. The van der Waals surface area contributed by atoms with Crippen LogP contribution in [-0.4, -0.2) is 18.6 Å². The lowest BCUT2D eigenvalue weighted by atomic mass is 10.1. The lowest BCUT2D eigenvalue weighted by Gasteiger charge is -2.22.